The predicted molar refractivity (Wildman–Crippen MR) is 64.7 cm³/mol. The lowest BCUT2D eigenvalue weighted by Crippen LogP contribution is -2.41. The second-order valence-electron chi connectivity index (χ2n) is 4.17. The molecule has 0 radical (unpaired) electrons. The van der Waals surface area contributed by atoms with Gasteiger partial charge in [-0.1, -0.05) is 0 Å². The molecule has 1 aromatic heterocycles. The Balaban J connectivity index is 1.60. The highest BCUT2D eigenvalue weighted by Crippen LogP contribution is 2.00. The zero-order chi connectivity index (χ0) is 11.9. The second-order valence-corrected chi connectivity index (χ2v) is 4.17. The van der Waals surface area contributed by atoms with E-state index in [-0.39, 0.29) is 12.0 Å². The normalized spacial score (nSPS) is 20.1. The summed E-state index contributed by atoms with van der Waals surface area (Å²) in [4.78, 5) is 11.6. The highest BCUT2D eigenvalue weighted by molar-refractivity contribution is 5.76. The lowest BCUT2D eigenvalue weighted by Gasteiger charge is -2.23. The van der Waals surface area contributed by atoms with Crippen molar-refractivity contribution in [1.29, 1.82) is 0 Å². The number of carbonyl (C=O) groups excluding carboxylic acids is 1. The van der Waals surface area contributed by atoms with Crippen molar-refractivity contribution in [3.05, 3.63) is 24.5 Å². The van der Waals surface area contributed by atoms with Gasteiger partial charge in [0.2, 0.25) is 5.91 Å². The largest absolute Gasteiger partial charge is 0.375 e. The van der Waals surface area contributed by atoms with Crippen molar-refractivity contribution < 1.29 is 9.53 Å². The molecule has 1 amide bonds. The van der Waals surface area contributed by atoms with Crippen LogP contribution in [0.3, 0.4) is 0 Å². The molecular weight excluding hydrogens is 218 g/mol. The molecule has 0 aliphatic carbocycles. The van der Waals surface area contributed by atoms with E-state index in [9.17, 15) is 4.79 Å². The maximum Gasteiger partial charge on any atom is 0.222 e. The van der Waals surface area contributed by atoms with E-state index in [1.165, 1.54) is 0 Å². The molecule has 1 atom stereocenters. The summed E-state index contributed by atoms with van der Waals surface area (Å²) in [6.45, 7) is 3.81. The number of hydrogen-bond donors (Lipinski definition) is 2. The van der Waals surface area contributed by atoms with Crippen LogP contribution in [0.15, 0.2) is 24.5 Å². The van der Waals surface area contributed by atoms with Crippen molar-refractivity contribution in [3.8, 4) is 0 Å². The standard InChI is InChI=1S/C12H19N3O2/c16-12(9-11-10-13-4-8-17-11)14-3-7-15-5-1-2-6-15/h1-2,5-6,11,13H,3-4,7-10H2,(H,14,16). The van der Waals surface area contributed by atoms with Gasteiger partial charge in [0.25, 0.3) is 0 Å². The van der Waals surface area contributed by atoms with E-state index < -0.39 is 0 Å². The summed E-state index contributed by atoms with van der Waals surface area (Å²) < 4.78 is 7.51. The van der Waals surface area contributed by atoms with Crippen LogP contribution in [0.1, 0.15) is 6.42 Å². The van der Waals surface area contributed by atoms with Crippen LogP contribution in [0, 0.1) is 0 Å². The molecule has 5 nitrogen and oxygen atoms in total. The Hall–Kier alpha value is -1.33. The van der Waals surface area contributed by atoms with Gasteiger partial charge in [-0.05, 0) is 12.1 Å². The summed E-state index contributed by atoms with van der Waals surface area (Å²) in [5.74, 6) is 0.0610. The van der Waals surface area contributed by atoms with E-state index in [4.69, 9.17) is 4.74 Å². The van der Waals surface area contributed by atoms with Crippen molar-refractivity contribution in [1.82, 2.24) is 15.2 Å². The van der Waals surface area contributed by atoms with Crippen LogP contribution < -0.4 is 10.6 Å². The molecule has 2 N–H and O–H groups in total. The van der Waals surface area contributed by atoms with Gasteiger partial charge in [0, 0.05) is 38.6 Å². The quantitative estimate of drug-likeness (QED) is 0.757. The lowest BCUT2D eigenvalue weighted by molar-refractivity contribution is -0.124. The zero-order valence-electron chi connectivity index (χ0n) is 9.89. The summed E-state index contributed by atoms with van der Waals surface area (Å²) in [7, 11) is 0. The van der Waals surface area contributed by atoms with Crippen LogP contribution >= 0.6 is 0 Å². The molecular formula is C12H19N3O2. The molecule has 5 heteroatoms. The zero-order valence-corrected chi connectivity index (χ0v) is 9.89. The molecule has 1 saturated heterocycles. The topological polar surface area (TPSA) is 55.3 Å². The number of nitrogens with one attached hydrogen (secondary N) is 2. The van der Waals surface area contributed by atoms with Crippen LogP contribution in [0.25, 0.3) is 0 Å². The third-order valence-corrected chi connectivity index (χ3v) is 2.78. The van der Waals surface area contributed by atoms with Crippen LogP contribution in [0.5, 0.6) is 0 Å². The molecule has 1 fully saturated rings. The number of carbonyl (C=O) groups is 1. The average molecular weight is 237 g/mol. The average Bonchev–Trinajstić information content (AvgIpc) is 2.83. The van der Waals surface area contributed by atoms with Gasteiger partial charge in [-0.25, -0.2) is 0 Å². The molecule has 1 unspecified atom stereocenters. The number of morpholine rings is 1. The summed E-state index contributed by atoms with van der Waals surface area (Å²) in [5.41, 5.74) is 0. The molecule has 1 aliphatic heterocycles. The van der Waals surface area contributed by atoms with Crippen molar-refractivity contribution in [2.24, 2.45) is 0 Å². The molecule has 1 aromatic rings. The molecule has 94 valence electrons. The van der Waals surface area contributed by atoms with Crippen molar-refractivity contribution in [2.75, 3.05) is 26.2 Å². The minimum absolute atomic E-state index is 0.0235. The van der Waals surface area contributed by atoms with E-state index in [1.807, 2.05) is 29.1 Å². The van der Waals surface area contributed by atoms with E-state index >= 15 is 0 Å². The van der Waals surface area contributed by atoms with Gasteiger partial charge in [0.1, 0.15) is 0 Å². The first-order chi connectivity index (χ1) is 8.34. The van der Waals surface area contributed by atoms with E-state index in [2.05, 4.69) is 10.6 Å². The Morgan fingerprint density at radius 1 is 1.47 bits per heavy atom. The number of hydrogen-bond acceptors (Lipinski definition) is 3. The summed E-state index contributed by atoms with van der Waals surface area (Å²) in [6, 6.07) is 3.95. The van der Waals surface area contributed by atoms with Crippen LogP contribution in [-0.2, 0) is 16.1 Å². The number of aromatic nitrogens is 1. The van der Waals surface area contributed by atoms with E-state index in [0.717, 1.165) is 19.6 Å². The fourth-order valence-electron chi connectivity index (χ4n) is 1.87. The van der Waals surface area contributed by atoms with Gasteiger partial charge in [0.15, 0.2) is 0 Å². The highest BCUT2D eigenvalue weighted by atomic mass is 16.5. The smallest absolute Gasteiger partial charge is 0.222 e. The summed E-state index contributed by atoms with van der Waals surface area (Å²) in [5, 5.41) is 6.11. The third kappa shape index (κ3) is 4.20. The first-order valence-electron chi connectivity index (χ1n) is 6.04. The molecule has 1 aliphatic rings. The third-order valence-electron chi connectivity index (χ3n) is 2.78. The first-order valence-corrected chi connectivity index (χ1v) is 6.04. The monoisotopic (exact) mass is 237 g/mol. The molecule has 0 saturated carbocycles. The van der Waals surface area contributed by atoms with E-state index in [0.29, 0.717) is 19.6 Å². The van der Waals surface area contributed by atoms with E-state index in [1.54, 1.807) is 0 Å². The molecule has 0 spiro atoms. The Morgan fingerprint density at radius 3 is 3.00 bits per heavy atom. The predicted octanol–water partition coefficient (Wildman–Crippen LogP) is -0.0172. The minimum atomic E-state index is 0.0235. The summed E-state index contributed by atoms with van der Waals surface area (Å²) in [6.07, 6.45) is 4.44. The van der Waals surface area contributed by atoms with Crippen molar-refractivity contribution in [2.45, 2.75) is 19.1 Å². The maximum absolute atomic E-state index is 11.6. The molecule has 0 aromatic carbocycles. The SMILES string of the molecule is O=C(CC1CNCCO1)NCCn1cccc1. The number of rotatable bonds is 5. The van der Waals surface area contributed by atoms with Gasteiger partial charge in [-0.15, -0.1) is 0 Å². The van der Waals surface area contributed by atoms with Crippen molar-refractivity contribution in [3.63, 3.8) is 0 Å². The van der Waals surface area contributed by atoms with Crippen LogP contribution in [0.4, 0.5) is 0 Å². The lowest BCUT2D eigenvalue weighted by atomic mass is 10.2. The van der Waals surface area contributed by atoms with Gasteiger partial charge < -0.3 is 19.9 Å². The second kappa shape index (κ2) is 6.42. The van der Waals surface area contributed by atoms with Crippen molar-refractivity contribution >= 4 is 5.91 Å². The maximum atomic E-state index is 11.6. The Labute approximate surface area is 101 Å². The highest BCUT2D eigenvalue weighted by Gasteiger charge is 2.16. The number of ether oxygens (including phenoxy) is 1. The number of nitrogens with zero attached hydrogens (tertiary/aromatic N) is 1. The number of amides is 1. The van der Waals surface area contributed by atoms with Gasteiger partial charge >= 0.3 is 0 Å². The van der Waals surface area contributed by atoms with Gasteiger partial charge in [0.05, 0.1) is 19.1 Å². The first kappa shape index (κ1) is 12.1. The Morgan fingerprint density at radius 2 is 2.29 bits per heavy atom. The van der Waals surface area contributed by atoms with Crippen LogP contribution in [-0.4, -0.2) is 42.8 Å². The molecule has 0 bridgehead atoms. The molecule has 17 heavy (non-hydrogen) atoms. The minimum Gasteiger partial charge on any atom is -0.375 e. The Bertz CT molecular complexity index is 332. The van der Waals surface area contributed by atoms with Crippen LogP contribution in [0.2, 0.25) is 0 Å². The fraction of sp³-hybridized carbons (Fsp3) is 0.583. The molecule has 2 heterocycles. The van der Waals surface area contributed by atoms with Gasteiger partial charge in [-0.2, -0.15) is 0 Å². The Kier molecular flexibility index (Phi) is 4.58. The van der Waals surface area contributed by atoms with Gasteiger partial charge in [-0.3, -0.25) is 4.79 Å². The molecule has 2 rings (SSSR count). The summed E-state index contributed by atoms with van der Waals surface area (Å²) >= 11 is 0. The fourth-order valence-corrected chi connectivity index (χ4v) is 1.87.